The molecule has 4 aromatic rings. The van der Waals surface area contributed by atoms with Gasteiger partial charge in [-0.25, -0.2) is 4.98 Å². The van der Waals surface area contributed by atoms with E-state index in [-0.39, 0.29) is 5.56 Å². The number of ether oxygens (including phenoxy) is 2. The third-order valence-electron chi connectivity index (χ3n) is 4.88. The molecule has 0 spiro atoms. The molecule has 0 bridgehead atoms. The predicted molar refractivity (Wildman–Crippen MR) is 107 cm³/mol. The van der Waals surface area contributed by atoms with Crippen LogP contribution in [-0.4, -0.2) is 33.6 Å². The number of hydrogen-bond donors (Lipinski definition) is 0. The summed E-state index contributed by atoms with van der Waals surface area (Å²) in [5, 5.41) is 5.83. The molecule has 0 saturated heterocycles. The van der Waals surface area contributed by atoms with Crippen LogP contribution in [0.15, 0.2) is 53.6 Å². The lowest BCUT2D eigenvalue weighted by Crippen LogP contribution is -2.21. The van der Waals surface area contributed by atoms with E-state index in [0.717, 1.165) is 28.2 Å². The molecule has 0 saturated carbocycles. The van der Waals surface area contributed by atoms with E-state index >= 15 is 0 Å². The van der Waals surface area contributed by atoms with Crippen LogP contribution in [0.25, 0.3) is 22.1 Å². The summed E-state index contributed by atoms with van der Waals surface area (Å²) in [7, 11) is 3.17. The van der Waals surface area contributed by atoms with E-state index in [1.54, 1.807) is 31.6 Å². The highest BCUT2D eigenvalue weighted by Gasteiger charge is 2.18. The molecule has 4 rings (SSSR count). The number of hydrogen-bond acceptors (Lipinski definition) is 5. The minimum Gasteiger partial charge on any atom is -0.497 e. The monoisotopic (exact) mass is 376 g/mol. The predicted octanol–water partition coefficient (Wildman–Crippen LogP) is 3.21. The topological polar surface area (TPSA) is 71.2 Å². The highest BCUT2D eigenvalue weighted by atomic mass is 16.5. The second-order valence-electron chi connectivity index (χ2n) is 6.41. The molecule has 3 heterocycles. The number of nitrogens with zero attached hydrogens (tertiary/aromatic N) is 4. The zero-order valence-electron chi connectivity index (χ0n) is 16.1. The molecule has 7 heteroatoms. The van der Waals surface area contributed by atoms with Crippen LogP contribution in [0.3, 0.4) is 0 Å². The van der Waals surface area contributed by atoms with Gasteiger partial charge >= 0.3 is 0 Å². The van der Waals surface area contributed by atoms with Gasteiger partial charge in [-0.2, -0.15) is 9.78 Å². The molecule has 0 amide bonds. The van der Waals surface area contributed by atoms with E-state index < -0.39 is 0 Å². The van der Waals surface area contributed by atoms with Gasteiger partial charge in [0.25, 0.3) is 5.56 Å². The zero-order valence-corrected chi connectivity index (χ0v) is 16.1. The van der Waals surface area contributed by atoms with Crippen molar-refractivity contribution in [1.82, 2.24) is 19.3 Å². The van der Waals surface area contributed by atoms with E-state index in [2.05, 4.69) is 10.1 Å². The van der Waals surface area contributed by atoms with Crippen LogP contribution in [0.1, 0.15) is 11.4 Å². The Balaban J connectivity index is 1.97. The normalized spacial score (nSPS) is 11.0. The summed E-state index contributed by atoms with van der Waals surface area (Å²) in [5.74, 6) is 1.18. The van der Waals surface area contributed by atoms with Crippen molar-refractivity contribution >= 4 is 10.8 Å². The average molecular weight is 376 g/mol. The summed E-state index contributed by atoms with van der Waals surface area (Å²) >= 11 is 0. The standard InChI is InChI=1S/C21H20N4O3/c1-13-18-12-23-25(16-8-9-22-19(11-16)28-4)21(26)20(18)14(2)24(13)15-6-5-7-17(10-15)27-3/h5-12H,1-4H3. The second-order valence-corrected chi connectivity index (χ2v) is 6.41. The molecule has 142 valence electrons. The van der Waals surface area contributed by atoms with Crippen LogP contribution in [0.5, 0.6) is 11.6 Å². The van der Waals surface area contributed by atoms with Gasteiger partial charge in [-0.3, -0.25) is 4.79 Å². The highest BCUT2D eigenvalue weighted by molar-refractivity contribution is 5.88. The van der Waals surface area contributed by atoms with Crippen LogP contribution < -0.4 is 15.0 Å². The summed E-state index contributed by atoms with van der Waals surface area (Å²) in [4.78, 5) is 17.4. The van der Waals surface area contributed by atoms with E-state index in [1.165, 1.54) is 11.8 Å². The van der Waals surface area contributed by atoms with Gasteiger partial charge in [0.1, 0.15) is 5.75 Å². The maximum absolute atomic E-state index is 13.3. The molecule has 1 aromatic carbocycles. The van der Waals surface area contributed by atoms with Crippen molar-refractivity contribution < 1.29 is 9.47 Å². The lowest BCUT2D eigenvalue weighted by molar-refractivity contribution is 0.397. The lowest BCUT2D eigenvalue weighted by Gasteiger charge is -2.10. The molecule has 0 unspecified atom stereocenters. The fraction of sp³-hybridized carbons (Fsp3) is 0.190. The van der Waals surface area contributed by atoms with Crippen molar-refractivity contribution in [2.75, 3.05) is 14.2 Å². The number of benzene rings is 1. The minimum absolute atomic E-state index is 0.187. The first-order chi connectivity index (χ1) is 13.5. The van der Waals surface area contributed by atoms with Gasteiger partial charge in [0, 0.05) is 40.8 Å². The quantitative estimate of drug-likeness (QED) is 0.547. The van der Waals surface area contributed by atoms with Gasteiger partial charge in [-0.1, -0.05) is 6.07 Å². The van der Waals surface area contributed by atoms with Crippen molar-refractivity contribution in [3.8, 4) is 23.0 Å². The molecular weight excluding hydrogens is 356 g/mol. The molecule has 0 N–H and O–H groups in total. The van der Waals surface area contributed by atoms with Crippen molar-refractivity contribution in [3.63, 3.8) is 0 Å². The van der Waals surface area contributed by atoms with Crippen LogP contribution in [-0.2, 0) is 0 Å². The maximum Gasteiger partial charge on any atom is 0.281 e. The van der Waals surface area contributed by atoms with Crippen molar-refractivity contribution in [2.24, 2.45) is 0 Å². The number of methoxy groups -OCH3 is 2. The van der Waals surface area contributed by atoms with Gasteiger partial charge in [-0.05, 0) is 32.0 Å². The Kier molecular flexibility index (Phi) is 4.35. The molecule has 0 atom stereocenters. The third kappa shape index (κ3) is 2.72. The van der Waals surface area contributed by atoms with Crippen LogP contribution >= 0.6 is 0 Å². The Morgan fingerprint density at radius 3 is 2.54 bits per heavy atom. The number of aryl methyl sites for hydroxylation is 2. The van der Waals surface area contributed by atoms with Crippen molar-refractivity contribution in [2.45, 2.75) is 13.8 Å². The molecule has 0 fully saturated rings. The van der Waals surface area contributed by atoms with E-state index in [9.17, 15) is 4.79 Å². The van der Waals surface area contributed by atoms with Crippen LogP contribution in [0.2, 0.25) is 0 Å². The zero-order chi connectivity index (χ0) is 19.8. The Morgan fingerprint density at radius 2 is 1.79 bits per heavy atom. The molecule has 0 aliphatic rings. The van der Waals surface area contributed by atoms with Crippen LogP contribution in [0, 0.1) is 13.8 Å². The van der Waals surface area contributed by atoms with Gasteiger partial charge < -0.3 is 14.0 Å². The Labute approximate surface area is 161 Å². The van der Waals surface area contributed by atoms with E-state index in [4.69, 9.17) is 9.47 Å². The van der Waals surface area contributed by atoms with E-state index in [1.807, 2.05) is 42.7 Å². The summed E-state index contributed by atoms with van der Waals surface area (Å²) < 4.78 is 13.9. The Hall–Kier alpha value is -3.61. The van der Waals surface area contributed by atoms with Gasteiger partial charge in [0.05, 0.1) is 31.5 Å². The number of fused-ring (bicyclic) bond motifs is 1. The molecule has 28 heavy (non-hydrogen) atoms. The first-order valence-electron chi connectivity index (χ1n) is 8.80. The fourth-order valence-electron chi connectivity index (χ4n) is 3.52. The SMILES string of the molecule is COc1cccc(-n2c(C)c3cnn(-c4ccnc(OC)c4)c(=O)c3c2C)c1. The summed E-state index contributed by atoms with van der Waals surface area (Å²) in [6.45, 7) is 3.92. The van der Waals surface area contributed by atoms with Gasteiger partial charge in [-0.15, -0.1) is 0 Å². The first-order valence-corrected chi connectivity index (χ1v) is 8.80. The van der Waals surface area contributed by atoms with Gasteiger partial charge in [0.2, 0.25) is 5.88 Å². The largest absolute Gasteiger partial charge is 0.497 e. The smallest absolute Gasteiger partial charge is 0.281 e. The Morgan fingerprint density at radius 1 is 0.964 bits per heavy atom. The van der Waals surface area contributed by atoms with Gasteiger partial charge in [0.15, 0.2) is 0 Å². The molecule has 7 nitrogen and oxygen atoms in total. The molecular formula is C21H20N4O3. The highest BCUT2D eigenvalue weighted by Crippen LogP contribution is 2.28. The minimum atomic E-state index is -0.187. The van der Waals surface area contributed by atoms with E-state index in [0.29, 0.717) is 17.0 Å². The summed E-state index contributed by atoms with van der Waals surface area (Å²) in [6.07, 6.45) is 3.31. The first kappa shape index (κ1) is 17.8. The van der Waals surface area contributed by atoms with Crippen LogP contribution in [0.4, 0.5) is 0 Å². The number of aromatic nitrogens is 4. The summed E-state index contributed by atoms with van der Waals surface area (Å²) in [6, 6.07) is 11.2. The second kappa shape index (κ2) is 6.84. The summed E-state index contributed by atoms with van der Waals surface area (Å²) in [5.41, 5.74) is 3.15. The Bertz CT molecular complexity index is 1240. The molecule has 0 aliphatic heterocycles. The third-order valence-corrected chi connectivity index (χ3v) is 4.88. The maximum atomic E-state index is 13.3. The fourth-order valence-corrected chi connectivity index (χ4v) is 3.52. The average Bonchev–Trinajstić information content (AvgIpc) is 2.99. The lowest BCUT2D eigenvalue weighted by atomic mass is 10.2. The molecule has 0 aliphatic carbocycles. The van der Waals surface area contributed by atoms with Crippen molar-refractivity contribution in [1.29, 1.82) is 0 Å². The number of pyridine rings is 1. The number of rotatable bonds is 4. The van der Waals surface area contributed by atoms with Crippen molar-refractivity contribution in [3.05, 3.63) is 70.5 Å². The molecule has 0 radical (unpaired) electrons. The molecule has 3 aromatic heterocycles.